The Morgan fingerprint density at radius 3 is 2.54 bits per heavy atom. The highest BCUT2D eigenvalue weighted by Gasteiger charge is 2.30. The number of halogens is 3. The summed E-state index contributed by atoms with van der Waals surface area (Å²) in [5, 5.41) is 5.06. The number of hydrogen-bond donors (Lipinski definition) is 2. The lowest BCUT2D eigenvalue weighted by Gasteiger charge is -2.34. The second-order valence-electron chi connectivity index (χ2n) is 9.28. The van der Waals surface area contributed by atoms with E-state index in [1.54, 1.807) is 32.4 Å². The first kappa shape index (κ1) is 26.9. The molecule has 0 amide bonds. The number of benzene rings is 3. The van der Waals surface area contributed by atoms with Crippen LogP contribution in [0.3, 0.4) is 0 Å². The molecule has 1 aromatic heterocycles. The fourth-order valence-corrected chi connectivity index (χ4v) is 5.47. The summed E-state index contributed by atoms with van der Waals surface area (Å²) in [4.78, 5) is 6.73. The van der Waals surface area contributed by atoms with Gasteiger partial charge in [0.15, 0.2) is 5.82 Å². The van der Waals surface area contributed by atoms with Gasteiger partial charge in [-0.25, -0.2) is 22.2 Å². The van der Waals surface area contributed by atoms with Crippen molar-refractivity contribution in [2.75, 3.05) is 23.0 Å². The molecule has 39 heavy (non-hydrogen) atoms. The number of aromatic nitrogens is 2. The van der Waals surface area contributed by atoms with E-state index in [2.05, 4.69) is 9.82 Å². The fourth-order valence-electron chi connectivity index (χ4n) is 4.73. The third kappa shape index (κ3) is 5.40. The van der Waals surface area contributed by atoms with Gasteiger partial charge >= 0.3 is 0 Å². The number of aliphatic imine (C=N–C) groups is 1. The lowest BCUT2D eigenvalue weighted by molar-refractivity contribution is 0.415. The molecular weight excluding hydrogens is 550 g/mol. The smallest absolute Gasteiger partial charge is 0.231 e. The second-order valence-corrected chi connectivity index (χ2v) is 11.4. The van der Waals surface area contributed by atoms with E-state index >= 15 is 0 Å². The molecule has 9 nitrogen and oxygen atoms in total. The maximum atomic E-state index is 13.9. The summed E-state index contributed by atoms with van der Waals surface area (Å²) in [6.45, 7) is 0.347. The third-order valence-corrected chi connectivity index (χ3v) is 7.21. The number of anilines is 2. The van der Waals surface area contributed by atoms with Crippen molar-refractivity contribution in [3.8, 4) is 5.75 Å². The molecule has 2 heterocycles. The maximum absolute atomic E-state index is 13.9. The second kappa shape index (κ2) is 10.1. The van der Waals surface area contributed by atoms with Crippen LogP contribution >= 0.6 is 11.6 Å². The highest BCUT2D eigenvalue weighted by Crippen LogP contribution is 2.40. The summed E-state index contributed by atoms with van der Waals surface area (Å²) in [6, 6.07) is 11.4. The topological polar surface area (TPSA) is 115 Å². The molecule has 1 atom stereocenters. The van der Waals surface area contributed by atoms with Crippen LogP contribution in [0.25, 0.3) is 10.9 Å². The summed E-state index contributed by atoms with van der Waals surface area (Å²) < 4.78 is 61.1. The van der Waals surface area contributed by atoms with Crippen molar-refractivity contribution in [3.63, 3.8) is 0 Å². The molecule has 0 spiro atoms. The zero-order valence-electron chi connectivity index (χ0n) is 21.2. The van der Waals surface area contributed by atoms with Crippen LogP contribution in [0.4, 0.5) is 26.0 Å². The number of fused-ring (bicyclic) bond motifs is 2. The SMILES string of the molecule is COc1ccc2c(c1)N=C(C(N)Cc1cc(F)cc(F)c1)N(c1ccc(Cl)c3c(NS(C)(=O)=O)nn(C)c13)C2. The van der Waals surface area contributed by atoms with Gasteiger partial charge in [0.1, 0.15) is 23.2 Å². The molecule has 4 aromatic rings. The van der Waals surface area contributed by atoms with E-state index in [9.17, 15) is 17.2 Å². The minimum atomic E-state index is -3.64. The lowest BCUT2D eigenvalue weighted by atomic mass is 10.0. The summed E-state index contributed by atoms with van der Waals surface area (Å²) >= 11 is 6.52. The van der Waals surface area contributed by atoms with Gasteiger partial charge < -0.3 is 15.4 Å². The van der Waals surface area contributed by atoms with Crippen LogP contribution in [0, 0.1) is 11.6 Å². The van der Waals surface area contributed by atoms with Crippen molar-refractivity contribution in [1.29, 1.82) is 0 Å². The number of nitrogens with zero attached hydrogens (tertiary/aromatic N) is 4. The van der Waals surface area contributed by atoms with E-state index in [0.29, 0.717) is 51.0 Å². The molecule has 13 heteroatoms. The Labute approximate surface area is 228 Å². The van der Waals surface area contributed by atoms with Gasteiger partial charge in [-0.1, -0.05) is 17.7 Å². The van der Waals surface area contributed by atoms with Crippen LogP contribution in [0.1, 0.15) is 11.1 Å². The largest absolute Gasteiger partial charge is 0.497 e. The summed E-state index contributed by atoms with van der Waals surface area (Å²) in [5.41, 5.74) is 9.71. The summed E-state index contributed by atoms with van der Waals surface area (Å²) in [5.74, 6) is -0.266. The number of nitrogens with one attached hydrogen (secondary N) is 1. The quantitative estimate of drug-likeness (QED) is 0.336. The maximum Gasteiger partial charge on any atom is 0.231 e. The molecule has 1 unspecified atom stereocenters. The first-order valence-electron chi connectivity index (χ1n) is 11.8. The van der Waals surface area contributed by atoms with Gasteiger partial charge in [0.2, 0.25) is 10.0 Å². The minimum absolute atomic E-state index is 0.0852. The fraction of sp³-hybridized carbons (Fsp3) is 0.231. The van der Waals surface area contributed by atoms with Crippen LogP contribution in [0.15, 0.2) is 53.5 Å². The molecule has 5 rings (SSSR count). The zero-order chi connectivity index (χ0) is 28.1. The van der Waals surface area contributed by atoms with Crippen molar-refractivity contribution in [1.82, 2.24) is 9.78 Å². The first-order valence-corrected chi connectivity index (χ1v) is 14.1. The van der Waals surface area contributed by atoms with Crippen LogP contribution in [-0.4, -0.2) is 43.4 Å². The molecule has 204 valence electrons. The van der Waals surface area contributed by atoms with Crippen LogP contribution in [0.2, 0.25) is 5.02 Å². The van der Waals surface area contributed by atoms with E-state index in [1.807, 2.05) is 17.0 Å². The van der Waals surface area contributed by atoms with Crippen LogP contribution in [-0.2, 0) is 30.0 Å². The minimum Gasteiger partial charge on any atom is -0.497 e. The predicted octanol–water partition coefficient (Wildman–Crippen LogP) is 4.51. The van der Waals surface area contributed by atoms with Crippen molar-refractivity contribution in [2.45, 2.75) is 19.0 Å². The molecule has 0 radical (unpaired) electrons. The van der Waals surface area contributed by atoms with Gasteiger partial charge in [-0.3, -0.25) is 9.40 Å². The molecule has 3 aromatic carbocycles. The number of methoxy groups -OCH3 is 1. The molecule has 3 N–H and O–H groups in total. The highest BCUT2D eigenvalue weighted by molar-refractivity contribution is 7.92. The van der Waals surface area contributed by atoms with Gasteiger partial charge in [0.25, 0.3) is 0 Å². The van der Waals surface area contributed by atoms with Crippen molar-refractivity contribution >= 4 is 55.6 Å². The number of rotatable bonds is 7. The standard InChI is InChI=1S/C26H25ClF2N6O3S/c1-34-24-22(7-6-19(27)23(24)25(32-34)33-39(3,36)37)35-13-15-4-5-18(38-2)12-21(15)31-26(35)20(30)10-14-8-16(28)11-17(29)9-14/h4-9,11-12,20H,10,13,30H2,1-3H3,(H,32,33). The van der Waals surface area contributed by atoms with E-state index < -0.39 is 27.7 Å². The number of amidine groups is 1. The van der Waals surface area contributed by atoms with Gasteiger partial charge in [-0.15, -0.1) is 0 Å². The molecule has 0 saturated carbocycles. The van der Waals surface area contributed by atoms with Gasteiger partial charge in [0, 0.05) is 19.2 Å². The normalized spacial score (nSPS) is 14.2. The van der Waals surface area contributed by atoms with Gasteiger partial charge in [0.05, 0.1) is 53.3 Å². The predicted molar refractivity (Wildman–Crippen MR) is 148 cm³/mol. The zero-order valence-corrected chi connectivity index (χ0v) is 22.8. The summed E-state index contributed by atoms with van der Waals surface area (Å²) in [6.07, 6.45) is 1.13. The third-order valence-electron chi connectivity index (χ3n) is 6.33. The van der Waals surface area contributed by atoms with Crippen LogP contribution < -0.4 is 20.1 Å². The van der Waals surface area contributed by atoms with E-state index in [1.165, 1.54) is 16.8 Å². The molecule has 0 aliphatic carbocycles. The average Bonchev–Trinajstić information content (AvgIpc) is 3.17. The lowest BCUT2D eigenvalue weighted by Crippen LogP contribution is -2.46. The van der Waals surface area contributed by atoms with Gasteiger partial charge in [-0.2, -0.15) is 5.10 Å². The molecule has 1 aliphatic heterocycles. The molecule has 0 saturated heterocycles. The van der Waals surface area contributed by atoms with Crippen molar-refractivity contribution < 1.29 is 21.9 Å². The van der Waals surface area contributed by atoms with Gasteiger partial charge in [-0.05, 0) is 47.9 Å². The number of hydrogen-bond acceptors (Lipinski definition) is 7. The Hall–Kier alpha value is -3.74. The highest BCUT2D eigenvalue weighted by atomic mass is 35.5. The number of aryl methyl sites for hydroxylation is 1. The number of nitrogens with two attached hydrogens (primary N) is 1. The summed E-state index contributed by atoms with van der Waals surface area (Å²) in [7, 11) is -0.410. The van der Waals surface area contributed by atoms with Crippen molar-refractivity contribution in [2.24, 2.45) is 17.8 Å². The Morgan fingerprint density at radius 2 is 1.87 bits per heavy atom. The van der Waals surface area contributed by atoms with E-state index in [-0.39, 0.29) is 12.2 Å². The van der Waals surface area contributed by atoms with E-state index in [4.69, 9.17) is 27.1 Å². The Morgan fingerprint density at radius 1 is 1.15 bits per heavy atom. The van der Waals surface area contributed by atoms with E-state index in [0.717, 1.165) is 17.9 Å². The molecule has 1 aliphatic rings. The number of sulfonamides is 1. The van der Waals surface area contributed by atoms with Crippen molar-refractivity contribution in [3.05, 3.63) is 76.3 Å². The monoisotopic (exact) mass is 574 g/mol. The average molecular weight is 575 g/mol. The number of ether oxygens (including phenoxy) is 1. The molecule has 0 bridgehead atoms. The van der Waals surface area contributed by atoms with Crippen LogP contribution in [0.5, 0.6) is 5.75 Å². The first-order chi connectivity index (χ1) is 18.4. The molecule has 0 fully saturated rings. The molecular formula is C26H25ClF2N6O3S. The Balaban J connectivity index is 1.66. The Bertz CT molecular complexity index is 1720. The Kier molecular flexibility index (Phi) is 6.95.